The Morgan fingerprint density at radius 2 is 1.81 bits per heavy atom. The highest BCUT2D eigenvalue weighted by atomic mass is 19.1. The van der Waals surface area contributed by atoms with Crippen LogP contribution in [0.4, 0.5) is 21.6 Å². The summed E-state index contributed by atoms with van der Waals surface area (Å²) >= 11 is 0. The average Bonchev–Trinajstić information content (AvgIpc) is 2.99. The van der Waals surface area contributed by atoms with Gasteiger partial charge in [-0.05, 0) is 31.2 Å². The summed E-state index contributed by atoms with van der Waals surface area (Å²) in [5.41, 5.74) is 7.36. The normalized spacial score (nSPS) is 10.4. The van der Waals surface area contributed by atoms with Gasteiger partial charge in [-0.3, -0.25) is 9.59 Å². The number of nitrogens with two attached hydrogens (primary N) is 1. The van der Waals surface area contributed by atoms with Gasteiger partial charge < -0.3 is 16.4 Å². The molecule has 2 aromatic carbocycles. The zero-order chi connectivity index (χ0) is 19.4. The predicted molar refractivity (Wildman–Crippen MR) is 98.6 cm³/mol. The monoisotopic (exact) mass is 368 g/mol. The minimum absolute atomic E-state index is 0.00596. The first kappa shape index (κ1) is 18.1. The Kier molecular flexibility index (Phi) is 5.11. The maximum Gasteiger partial charge on any atom is 0.280 e. The zero-order valence-electron chi connectivity index (χ0n) is 14.4. The van der Waals surface area contributed by atoms with Gasteiger partial charge in [0.2, 0.25) is 5.91 Å². The lowest BCUT2D eigenvalue weighted by atomic mass is 10.2. The number of amides is 2. The van der Waals surface area contributed by atoms with Crippen molar-refractivity contribution in [3.05, 3.63) is 65.6 Å². The van der Waals surface area contributed by atoms with Crippen LogP contribution in [-0.2, 0) is 11.3 Å². The summed E-state index contributed by atoms with van der Waals surface area (Å²) in [6.45, 7) is 1.72. The van der Waals surface area contributed by atoms with E-state index in [1.165, 1.54) is 18.2 Å². The van der Waals surface area contributed by atoms with Crippen LogP contribution in [-0.4, -0.2) is 26.8 Å². The summed E-state index contributed by atoms with van der Waals surface area (Å²) in [6, 6.07) is 13.0. The Balaban J connectivity index is 1.67. The Bertz CT molecular complexity index is 984. The van der Waals surface area contributed by atoms with Crippen molar-refractivity contribution in [2.45, 2.75) is 13.5 Å². The molecular formula is C18H17FN6O2. The minimum atomic E-state index is -0.720. The molecule has 0 radical (unpaired) electrons. The van der Waals surface area contributed by atoms with Crippen molar-refractivity contribution in [3.8, 4) is 0 Å². The molecule has 0 saturated heterocycles. The third kappa shape index (κ3) is 4.27. The topological polar surface area (TPSA) is 115 Å². The van der Waals surface area contributed by atoms with E-state index < -0.39 is 11.7 Å². The Labute approximate surface area is 154 Å². The molecule has 138 valence electrons. The molecule has 0 aliphatic heterocycles. The van der Waals surface area contributed by atoms with E-state index in [0.29, 0.717) is 5.69 Å². The molecular weight excluding hydrogens is 351 g/mol. The molecule has 8 nitrogen and oxygen atoms in total. The standard InChI is InChI=1S/C18H17FN6O2/c1-11-6-8-12(9-7-11)21-15(26)10-25-17(20)16(23-24-25)18(27)22-14-5-3-2-4-13(14)19/h2-9H,10,20H2,1H3,(H,21,26)(H,22,27). The summed E-state index contributed by atoms with van der Waals surface area (Å²) in [6.07, 6.45) is 0. The van der Waals surface area contributed by atoms with E-state index in [0.717, 1.165) is 10.2 Å². The highest BCUT2D eigenvalue weighted by molar-refractivity contribution is 6.05. The number of hydrogen-bond acceptors (Lipinski definition) is 5. The quantitative estimate of drug-likeness (QED) is 0.639. The highest BCUT2D eigenvalue weighted by Crippen LogP contribution is 2.16. The smallest absolute Gasteiger partial charge is 0.280 e. The predicted octanol–water partition coefficient (Wildman–Crippen LogP) is 2.20. The molecule has 3 aromatic rings. The van der Waals surface area contributed by atoms with Gasteiger partial charge in [-0.1, -0.05) is 35.0 Å². The van der Waals surface area contributed by atoms with Gasteiger partial charge in [0.1, 0.15) is 12.4 Å². The van der Waals surface area contributed by atoms with E-state index in [1.807, 2.05) is 19.1 Å². The van der Waals surface area contributed by atoms with E-state index in [4.69, 9.17) is 5.73 Å². The van der Waals surface area contributed by atoms with E-state index in [-0.39, 0.29) is 29.7 Å². The second-order valence-electron chi connectivity index (χ2n) is 5.83. The van der Waals surface area contributed by atoms with Crippen molar-refractivity contribution in [2.24, 2.45) is 0 Å². The van der Waals surface area contributed by atoms with Crippen LogP contribution >= 0.6 is 0 Å². The van der Waals surface area contributed by atoms with Crippen molar-refractivity contribution in [3.63, 3.8) is 0 Å². The van der Waals surface area contributed by atoms with Crippen LogP contribution in [0.1, 0.15) is 16.1 Å². The first-order valence-electron chi connectivity index (χ1n) is 8.05. The third-order valence-corrected chi connectivity index (χ3v) is 3.74. The fourth-order valence-electron chi connectivity index (χ4n) is 2.32. The molecule has 0 bridgehead atoms. The maximum absolute atomic E-state index is 13.6. The molecule has 0 fully saturated rings. The molecule has 9 heteroatoms. The third-order valence-electron chi connectivity index (χ3n) is 3.74. The van der Waals surface area contributed by atoms with Gasteiger partial charge >= 0.3 is 0 Å². The Morgan fingerprint density at radius 3 is 2.52 bits per heavy atom. The summed E-state index contributed by atoms with van der Waals surface area (Å²) < 4.78 is 14.7. The van der Waals surface area contributed by atoms with Crippen LogP contribution in [0.3, 0.4) is 0 Å². The number of carbonyl (C=O) groups excluding carboxylic acids is 2. The summed E-state index contributed by atoms with van der Waals surface area (Å²) in [7, 11) is 0. The highest BCUT2D eigenvalue weighted by Gasteiger charge is 2.20. The number of para-hydroxylation sites is 1. The van der Waals surface area contributed by atoms with Gasteiger partial charge in [-0.25, -0.2) is 9.07 Å². The fraction of sp³-hybridized carbons (Fsp3) is 0.111. The number of hydrogen-bond donors (Lipinski definition) is 3. The lowest BCUT2D eigenvalue weighted by Crippen LogP contribution is -2.21. The fourth-order valence-corrected chi connectivity index (χ4v) is 2.32. The number of carbonyl (C=O) groups is 2. The molecule has 1 heterocycles. The van der Waals surface area contributed by atoms with Crippen molar-refractivity contribution >= 4 is 29.0 Å². The van der Waals surface area contributed by atoms with E-state index in [1.54, 1.807) is 18.2 Å². The molecule has 4 N–H and O–H groups in total. The number of halogens is 1. The van der Waals surface area contributed by atoms with E-state index in [2.05, 4.69) is 20.9 Å². The number of nitrogens with zero attached hydrogens (tertiary/aromatic N) is 3. The molecule has 1 aromatic heterocycles. The largest absolute Gasteiger partial charge is 0.382 e. The molecule has 3 rings (SSSR count). The number of nitrogens with one attached hydrogen (secondary N) is 2. The number of anilines is 3. The van der Waals surface area contributed by atoms with Gasteiger partial charge in [-0.15, -0.1) is 5.10 Å². The molecule has 0 saturated carbocycles. The Morgan fingerprint density at radius 1 is 1.11 bits per heavy atom. The van der Waals surface area contributed by atoms with Crippen LogP contribution in [0, 0.1) is 12.7 Å². The molecule has 0 atom stereocenters. The average molecular weight is 368 g/mol. The first-order chi connectivity index (χ1) is 12.9. The van der Waals surface area contributed by atoms with Gasteiger partial charge in [0.05, 0.1) is 5.69 Å². The van der Waals surface area contributed by atoms with Crippen LogP contribution in [0.5, 0.6) is 0 Å². The number of aromatic nitrogens is 3. The molecule has 0 aliphatic carbocycles. The van der Waals surface area contributed by atoms with Gasteiger partial charge in [0.25, 0.3) is 5.91 Å². The van der Waals surface area contributed by atoms with Crippen LogP contribution in [0.2, 0.25) is 0 Å². The van der Waals surface area contributed by atoms with Gasteiger partial charge in [0.15, 0.2) is 11.5 Å². The van der Waals surface area contributed by atoms with Crippen LogP contribution in [0.15, 0.2) is 48.5 Å². The van der Waals surface area contributed by atoms with Crippen molar-refractivity contribution in [1.82, 2.24) is 15.0 Å². The van der Waals surface area contributed by atoms with Gasteiger partial charge in [-0.2, -0.15) is 0 Å². The van der Waals surface area contributed by atoms with Crippen molar-refractivity contribution < 1.29 is 14.0 Å². The second kappa shape index (κ2) is 7.65. The number of aryl methyl sites for hydroxylation is 1. The summed E-state index contributed by atoms with van der Waals surface area (Å²) in [5, 5.41) is 12.5. The second-order valence-corrected chi connectivity index (χ2v) is 5.83. The lowest BCUT2D eigenvalue weighted by molar-refractivity contribution is -0.116. The Hall–Kier alpha value is -3.75. The zero-order valence-corrected chi connectivity index (χ0v) is 14.4. The summed E-state index contributed by atoms with van der Waals surface area (Å²) in [5.74, 6) is -1.78. The van der Waals surface area contributed by atoms with E-state index in [9.17, 15) is 14.0 Å². The van der Waals surface area contributed by atoms with Crippen LogP contribution < -0.4 is 16.4 Å². The van der Waals surface area contributed by atoms with Crippen molar-refractivity contribution in [2.75, 3.05) is 16.4 Å². The van der Waals surface area contributed by atoms with Crippen LogP contribution in [0.25, 0.3) is 0 Å². The number of rotatable bonds is 5. The van der Waals surface area contributed by atoms with E-state index >= 15 is 0 Å². The number of nitrogen functional groups attached to an aromatic ring is 1. The van der Waals surface area contributed by atoms with Gasteiger partial charge in [0, 0.05) is 5.69 Å². The summed E-state index contributed by atoms with van der Waals surface area (Å²) in [4.78, 5) is 24.4. The minimum Gasteiger partial charge on any atom is -0.382 e. The molecule has 0 aliphatic rings. The number of benzene rings is 2. The first-order valence-corrected chi connectivity index (χ1v) is 8.05. The van der Waals surface area contributed by atoms with Crippen molar-refractivity contribution in [1.29, 1.82) is 0 Å². The molecule has 0 unspecified atom stereocenters. The molecule has 0 spiro atoms. The maximum atomic E-state index is 13.6. The SMILES string of the molecule is Cc1ccc(NC(=O)Cn2nnc(C(=O)Nc3ccccc3F)c2N)cc1. The molecule has 27 heavy (non-hydrogen) atoms. The molecule has 2 amide bonds. The lowest BCUT2D eigenvalue weighted by Gasteiger charge is -2.07.